The SMILES string of the molecule is Cc1ccc2nc(/C=C/c3ccccc3)c3c(c2c1)O[C@H](C)C3. The van der Waals surface area contributed by atoms with E-state index in [1.54, 1.807) is 0 Å². The van der Waals surface area contributed by atoms with Gasteiger partial charge in [-0.25, -0.2) is 4.98 Å². The first-order valence-corrected chi connectivity index (χ1v) is 8.04. The summed E-state index contributed by atoms with van der Waals surface area (Å²) in [5, 5.41) is 1.13. The number of ether oxygens (including phenoxy) is 1. The molecule has 0 fully saturated rings. The number of nitrogens with zero attached hydrogens (tertiary/aromatic N) is 1. The minimum atomic E-state index is 0.210. The Morgan fingerprint density at radius 1 is 1.09 bits per heavy atom. The molecular formula is C21H19NO. The molecule has 0 unspecified atom stereocenters. The molecular weight excluding hydrogens is 282 g/mol. The largest absolute Gasteiger partial charge is 0.489 e. The maximum Gasteiger partial charge on any atom is 0.134 e. The normalized spacial score (nSPS) is 16.7. The molecule has 3 aromatic rings. The molecule has 4 rings (SSSR count). The zero-order valence-electron chi connectivity index (χ0n) is 13.4. The second-order valence-corrected chi connectivity index (χ2v) is 6.20. The van der Waals surface area contributed by atoms with Crippen molar-refractivity contribution in [3.63, 3.8) is 0 Å². The maximum atomic E-state index is 6.09. The van der Waals surface area contributed by atoms with Gasteiger partial charge in [0.1, 0.15) is 11.9 Å². The Kier molecular flexibility index (Phi) is 3.38. The molecule has 1 atom stereocenters. The Balaban J connectivity index is 1.86. The van der Waals surface area contributed by atoms with Crippen LogP contribution in [0.5, 0.6) is 5.75 Å². The number of benzene rings is 2. The van der Waals surface area contributed by atoms with Crippen LogP contribution in [0.15, 0.2) is 48.5 Å². The van der Waals surface area contributed by atoms with Gasteiger partial charge in [0.2, 0.25) is 0 Å². The molecule has 0 aliphatic carbocycles. The highest BCUT2D eigenvalue weighted by Gasteiger charge is 2.25. The van der Waals surface area contributed by atoms with E-state index >= 15 is 0 Å². The summed E-state index contributed by atoms with van der Waals surface area (Å²) in [5.74, 6) is 1.01. The van der Waals surface area contributed by atoms with Gasteiger partial charge in [0.25, 0.3) is 0 Å². The van der Waals surface area contributed by atoms with Crippen molar-refractivity contribution in [3.8, 4) is 5.75 Å². The van der Waals surface area contributed by atoms with Crippen molar-refractivity contribution in [3.05, 3.63) is 70.9 Å². The highest BCUT2D eigenvalue weighted by atomic mass is 16.5. The van der Waals surface area contributed by atoms with E-state index in [0.29, 0.717) is 0 Å². The van der Waals surface area contributed by atoms with Gasteiger partial charge >= 0.3 is 0 Å². The molecule has 0 N–H and O–H groups in total. The summed E-state index contributed by atoms with van der Waals surface area (Å²) in [6.45, 7) is 4.22. The summed E-state index contributed by atoms with van der Waals surface area (Å²) < 4.78 is 6.09. The standard InChI is InChI=1S/C21H19NO/c1-14-8-10-19-17(12-14)21-18(13-15(2)23-21)20(22-19)11-9-16-6-4-3-5-7-16/h3-12,15H,13H2,1-2H3/b11-9+/t15-/m1/s1. The van der Waals surface area contributed by atoms with Crippen LogP contribution in [0.2, 0.25) is 0 Å². The van der Waals surface area contributed by atoms with Gasteiger partial charge in [-0.3, -0.25) is 0 Å². The molecule has 0 spiro atoms. The molecule has 0 amide bonds. The van der Waals surface area contributed by atoms with Crippen LogP contribution in [-0.2, 0) is 6.42 Å². The number of fused-ring (bicyclic) bond motifs is 3. The van der Waals surface area contributed by atoms with Crippen LogP contribution in [0.1, 0.15) is 29.3 Å². The summed E-state index contributed by atoms with van der Waals surface area (Å²) in [6, 6.07) is 16.7. The van der Waals surface area contributed by atoms with Crippen molar-refractivity contribution in [2.24, 2.45) is 0 Å². The van der Waals surface area contributed by atoms with E-state index in [9.17, 15) is 0 Å². The van der Waals surface area contributed by atoms with Gasteiger partial charge < -0.3 is 4.74 Å². The van der Waals surface area contributed by atoms with E-state index in [2.05, 4.69) is 56.3 Å². The Bertz CT molecular complexity index is 897. The van der Waals surface area contributed by atoms with Crippen molar-refractivity contribution >= 4 is 23.1 Å². The summed E-state index contributed by atoms with van der Waals surface area (Å²) in [6.07, 6.45) is 5.35. The van der Waals surface area contributed by atoms with E-state index in [0.717, 1.165) is 28.8 Å². The lowest BCUT2D eigenvalue weighted by molar-refractivity contribution is 0.257. The van der Waals surface area contributed by atoms with Crippen LogP contribution < -0.4 is 4.74 Å². The minimum absolute atomic E-state index is 0.210. The zero-order chi connectivity index (χ0) is 15.8. The summed E-state index contributed by atoms with van der Waals surface area (Å²) in [5.41, 5.74) is 5.65. The van der Waals surface area contributed by atoms with Crippen molar-refractivity contribution in [1.29, 1.82) is 0 Å². The fourth-order valence-electron chi connectivity index (χ4n) is 3.14. The van der Waals surface area contributed by atoms with Crippen molar-refractivity contribution < 1.29 is 4.74 Å². The van der Waals surface area contributed by atoms with Crippen LogP contribution in [-0.4, -0.2) is 11.1 Å². The molecule has 0 bridgehead atoms. The molecule has 2 heterocycles. The second-order valence-electron chi connectivity index (χ2n) is 6.20. The van der Waals surface area contributed by atoms with Gasteiger partial charge in [-0.1, -0.05) is 48.0 Å². The molecule has 114 valence electrons. The predicted molar refractivity (Wildman–Crippen MR) is 95.6 cm³/mol. The van der Waals surface area contributed by atoms with Gasteiger partial charge in [-0.15, -0.1) is 0 Å². The highest BCUT2D eigenvalue weighted by molar-refractivity contribution is 5.90. The number of aryl methyl sites for hydroxylation is 1. The third-order valence-corrected chi connectivity index (χ3v) is 4.26. The van der Waals surface area contributed by atoms with E-state index in [1.165, 1.54) is 16.7 Å². The highest BCUT2D eigenvalue weighted by Crippen LogP contribution is 2.38. The lowest BCUT2D eigenvalue weighted by Gasteiger charge is -2.09. The van der Waals surface area contributed by atoms with E-state index in [1.807, 2.05) is 18.2 Å². The van der Waals surface area contributed by atoms with Crippen LogP contribution in [0.25, 0.3) is 23.1 Å². The van der Waals surface area contributed by atoms with Gasteiger partial charge in [-0.2, -0.15) is 0 Å². The number of hydrogen-bond acceptors (Lipinski definition) is 2. The average Bonchev–Trinajstić information content (AvgIpc) is 2.96. The van der Waals surface area contributed by atoms with Crippen LogP contribution in [0.3, 0.4) is 0 Å². The second kappa shape index (κ2) is 5.54. The Morgan fingerprint density at radius 3 is 2.74 bits per heavy atom. The topological polar surface area (TPSA) is 22.1 Å². The van der Waals surface area contributed by atoms with Crippen LogP contribution >= 0.6 is 0 Å². The van der Waals surface area contributed by atoms with Gasteiger partial charge in [-0.05, 0) is 37.6 Å². The van der Waals surface area contributed by atoms with Crippen molar-refractivity contribution in [2.45, 2.75) is 26.4 Å². The Hall–Kier alpha value is -2.61. The molecule has 23 heavy (non-hydrogen) atoms. The number of hydrogen-bond donors (Lipinski definition) is 0. The molecule has 0 saturated heterocycles. The number of rotatable bonds is 2. The first-order chi connectivity index (χ1) is 11.2. The third kappa shape index (κ3) is 2.61. The molecule has 1 aromatic heterocycles. The molecule has 2 aromatic carbocycles. The Morgan fingerprint density at radius 2 is 1.91 bits per heavy atom. The van der Waals surface area contributed by atoms with Gasteiger partial charge in [0.05, 0.1) is 11.2 Å². The summed E-state index contributed by atoms with van der Waals surface area (Å²) in [4.78, 5) is 4.87. The van der Waals surface area contributed by atoms with Crippen molar-refractivity contribution in [1.82, 2.24) is 4.98 Å². The molecule has 2 nitrogen and oxygen atoms in total. The zero-order valence-corrected chi connectivity index (χ0v) is 13.4. The monoisotopic (exact) mass is 301 g/mol. The first-order valence-electron chi connectivity index (χ1n) is 8.04. The number of aromatic nitrogens is 1. The van der Waals surface area contributed by atoms with E-state index in [4.69, 9.17) is 9.72 Å². The third-order valence-electron chi connectivity index (χ3n) is 4.26. The fourth-order valence-corrected chi connectivity index (χ4v) is 3.14. The minimum Gasteiger partial charge on any atom is -0.489 e. The molecule has 0 radical (unpaired) electrons. The first kappa shape index (κ1) is 14.0. The van der Waals surface area contributed by atoms with Crippen molar-refractivity contribution in [2.75, 3.05) is 0 Å². The Labute approximate surface area is 136 Å². The molecule has 0 saturated carbocycles. The van der Waals surface area contributed by atoms with Gasteiger partial charge in [0.15, 0.2) is 0 Å². The molecule has 1 aliphatic rings. The quantitative estimate of drug-likeness (QED) is 0.661. The number of pyridine rings is 1. The molecule has 2 heteroatoms. The van der Waals surface area contributed by atoms with E-state index < -0.39 is 0 Å². The lowest BCUT2D eigenvalue weighted by Crippen LogP contribution is -2.05. The van der Waals surface area contributed by atoms with Crippen LogP contribution in [0.4, 0.5) is 0 Å². The predicted octanol–water partition coefficient (Wildman–Crippen LogP) is 5.04. The summed E-state index contributed by atoms with van der Waals surface area (Å²) in [7, 11) is 0. The summed E-state index contributed by atoms with van der Waals surface area (Å²) >= 11 is 0. The fraction of sp³-hybridized carbons (Fsp3) is 0.190. The van der Waals surface area contributed by atoms with Gasteiger partial charge in [0, 0.05) is 17.4 Å². The maximum absolute atomic E-state index is 6.09. The smallest absolute Gasteiger partial charge is 0.134 e. The lowest BCUT2D eigenvalue weighted by atomic mass is 10.0. The molecule has 1 aliphatic heterocycles. The van der Waals surface area contributed by atoms with E-state index in [-0.39, 0.29) is 6.10 Å². The van der Waals surface area contributed by atoms with Crippen LogP contribution in [0, 0.1) is 6.92 Å². The average molecular weight is 301 g/mol.